The molecule has 3 N–H and O–H groups in total. The number of benzene rings is 2. The summed E-state index contributed by atoms with van der Waals surface area (Å²) in [5.41, 5.74) is 9.53. The highest BCUT2D eigenvalue weighted by molar-refractivity contribution is 5.83. The molecule has 150 valence electrons. The Morgan fingerprint density at radius 2 is 1.97 bits per heavy atom. The molecule has 0 bridgehead atoms. The molecule has 1 atom stereocenters. The molecule has 0 unspecified atom stereocenters. The third-order valence-corrected chi connectivity index (χ3v) is 4.80. The van der Waals surface area contributed by atoms with Crippen molar-refractivity contribution < 1.29 is 17.9 Å². The number of alkyl halides is 3. The summed E-state index contributed by atoms with van der Waals surface area (Å²) in [5.74, 6) is 0.399. The zero-order valence-electron chi connectivity index (χ0n) is 15.3. The number of nitrogens with two attached hydrogens (primary N) is 1. The molecule has 0 aliphatic carbocycles. The Morgan fingerprint density at radius 1 is 1.17 bits per heavy atom. The topological polar surface area (TPSA) is 89.7 Å². The Labute approximate surface area is 164 Å². The number of H-pyrrole nitrogens is 1. The Kier molecular flexibility index (Phi) is 4.96. The summed E-state index contributed by atoms with van der Waals surface area (Å²) in [6.07, 6.45) is -1.70. The minimum Gasteiger partial charge on any atom is -0.487 e. The molecule has 1 aliphatic rings. The van der Waals surface area contributed by atoms with E-state index in [1.54, 1.807) is 18.2 Å². The summed E-state index contributed by atoms with van der Waals surface area (Å²) in [7, 11) is 0. The van der Waals surface area contributed by atoms with E-state index in [0.29, 0.717) is 22.8 Å². The normalized spacial score (nSPS) is 16.2. The van der Waals surface area contributed by atoms with Crippen LogP contribution >= 0.6 is 0 Å². The van der Waals surface area contributed by atoms with Gasteiger partial charge in [0, 0.05) is 23.5 Å². The number of anilines is 1. The number of hydrogen-bond acceptors (Lipinski definition) is 5. The highest BCUT2D eigenvalue weighted by Crippen LogP contribution is 2.43. The number of hydrogen-bond donors (Lipinski definition) is 2. The van der Waals surface area contributed by atoms with E-state index >= 15 is 0 Å². The first-order chi connectivity index (χ1) is 13.9. The number of tetrazole rings is 1. The quantitative estimate of drug-likeness (QED) is 0.497. The van der Waals surface area contributed by atoms with Crippen LogP contribution in [0.4, 0.5) is 18.9 Å². The van der Waals surface area contributed by atoms with Crippen LogP contribution < -0.4 is 10.5 Å². The van der Waals surface area contributed by atoms with Crippen molar-refractivity contribution in [1.29, 1.82) is 0 Å². The number of fused-ring (bicyclic) bond motifs is 1. The summed E-state index contributed by atoms with van der Waals surface area (Å²) in [5, 5.41) is 14.1. The Bertz CT molecular complexity index is 1030. The van der Waals surface area contributed by atoms with E-state index in [0.717, 1.165) is 16.7 Å². The van der Waals surface area contributed by atoms with Crippen LogP contribution in [0.1, 0.15) is 24.3 Å². The first kappa shape index (κ1) is 19.0. The van der Waals surface area contributed by atoms with Crippen LogP contribution in [0, 0.1) is 0 Å². The van der Waals surface area contributed by atoms with Gasteiger partial charge in [-0.1, -0.05) is 36.4 Å². The van der Waals surface area contributed by atoms with Crippen molar-refractivity contribution in [3.8, 4) is 28.3 Å². The number of nitrogens with zero attached hydrogens (tertiary/aromatic N) is 3. The largest absolute Gasteiger partial charge is 0.487 e. The van der Waals surface area contributed by atoms with Crippen molar-refractivity contribution in [3.63, 3.8) is 0 Å². The van der Waals surface area contributed by atoms with Gasteiger partial charge in [0.25, 0.3) is 0 Å². The number of rotatable bonds is 4. The van der Waals surface area contributed by atoms with Crippen LogP contribution in [0.2, 0.25) is 0 Å². The molecule has 0 amide bonds. The van der Waals surface area contributed by atoms with Crippen LogP contribution in [-0.4, -0.2) is 33.4 Å². The van der Waals surface area contributed by atoms with E-state index in [1.165, 1.54) is 0 Å². The Balaban J connectivity index is 1.80. The molecule has 9 heteroatoms. The van der Waals surface area contributed by atoms with Crippen molar-refractivity contribution in [2.45, 2.75) is 24.9 Å². The highest BCUT2D eigenvalue weighted by Gasteiger charge is 2.30. The molecular formula is C20H18F3N5O. The molecule has 0 saturated carbocycles. The van der Waals surface area contributed by atoms with E-state index in [9.17, 15) is 13.2 Å². The average molecular weight is 401 g/mol. The van der Waals surface area contributed by atoms with Gasteiger partial charge in [-0.05, 0) is 34.9 Å². The fraction of sp³-hybridized carbons (Fsp3) is 0.250. The number of allylic oxidation sites excluding steroid dienone is 1. The van der Waals surface area contributed by atoms with Crippen molar-refractivity contribution >= 4 is 5.69 Å². The first-order valence-electron chi connectivity index (χ1n) is 9.05. The van der Waals surface area contributed by atoms with E-state index in [2.05, 4.69) is 20.6 Å². The zero-order valence-corrected chi connectivity index (χ0v) is 15.3. The lowest BCUT2D eigenvalue weighted by Gasteiger charge is -2.20. The monoisotopic (exact) mass is 401 g/mol. The molecule has 4 rings (SSSR count). The first-order valence-corrected chi connectivity index (χ1v) is 9.05. The Morgan fingerprint density at radius 3 is 2.69 bits per heavy atom. The number of aromatic nitrogens is 4. The molecule has 1 aliphatic heterocycles. The third-order valence-electron chi connectivity index (χ3n) is 4.80. The van der Waals surface area contributed by atoms with Crippen LogP contribution in [0.3, 0.4) is 0 Å². The van der Waals surface area contributed by atoms with E-state index in [4.69, 9.17) is 10.5 Å². The van der Waals surface area contributed by atoms with E-state index in [-0.39, 0.29) is 13.0 Å². The molecule has 29 heavy (non-hydrogen) atoms. The number of ether oxygens (including phenoxy) is 1. The van der Waals surface area contributed by atoms with Crippen molar-refractivity contribution in [1.82, 2.24) is 20.6 Å². The summed E-state index contributed by atoms with van der Waals surface area (Å²) in [6.45, 7) is 0.262. The van der Waals surface area contributed by atoms with Gasteiger partial charge in [-0.25, -0.2) is 0 Å². The minimum absolute atomic E-state index is 0.0776. The molecule has 0 fully saturated rings. The molecule has 0 radical (unpaired) electrons. The highest BCUT2D eigenvalue weighted by atomic mass is 19.4. The van der Waals surface area contributed by atoms with Gasteiger partial charge < -0.3 is 10.5 Å². The van der Waals surface area contributed by atoms with Crippen molar-refractivity contribution in [2.24, 2.45) is 0 Å². The fourth-order valence-electron chi connectivity index (χ4n) is 3.50. The number of nitrogen functional groups attached to an aromatic ring is 1. The average Bonchev–Trinajstić information content (AvgIpc) is 3.14. The molecule has 2 aromatic carbocycles. The van der Waals surface area contributed by atoms with Crippen LogP contribution in [0.5, 0.6) is 5.75 Å². The summed E-state index contributed by atoms with van der Waals surface area (Å²) in [4.78, 5) is 0. The second-order valence-electron chi connectivity index (χ2n) is 6.76. The standard InChI is InChI=1S/C20H18F3N5O/c21-20(22,23)8-7-12-4-3-9-29-18-16(12)10-13(11-17(18)24)14-5-1-2-6-15(14)19-25-27-28-26-19/h1-6,10-12H,7-9,24H2,(H,25,26,27,28)/t12-/m0/s1. The molecule has 0 saturated heterocycles. The summed E-state index contributed by atoms with van der Waals surface area (Å²) >= 11 is 0. The predicted octanol–water partition coefficient (Wildman–Crippen LogP) is 4.49. The molecule has 6 nitrogen and oxygen atoms in total. The SMILES string of the molecule is Nc1cc(-c2ccccc2-c2nn[nH]n2)cc2c1OCC=C[C@H]2CCC(F)(F)F. The molecule has 2 heterocycles. The van der Waals surface area contributed by atoms with Crippen molar-refractivity contribution in [2.75, 3.05) is 12.3 Å². The van der Waals surface area contributed by atoms with Gasteiger partial charge in [-0.3, -0.25) is 0 Å². The molecule has 3 aromatic rings. The van der Waals surface area contributed by atoms with Crippen LogP contribution in [0.25, 0.3) is 22.5 Å². The van der Waals surface area contributed by atoms with Crippen LogP contribution in [0.15, 0.2) is 48.6 Å². The van der Waals surface area contributed by atoms with Gasteiger partial charge in [0.2, 0.25) is 5.82 Å². The van der Waals surface area contributed by atoms with Gasteiger partial charge in [-0.2, -0.15) is 18.4 Å². The number of aromatic amines is 1. The molecule has 1 aromatic heterocycles. The van der Waals surface area contributed by atoms with Gasteiger partial charge in [0.1, 0.15) is 12.4 Å². The van der Waals surface area contributed by atoms with Gasteiger partial charge in [0.05, 0.1) is 5.69 Å². The van der Waals surface area contributed by atoms with E-state index in [1.807, 2.05) is 30.3 Å². The minimum atomic E-state index is -4.23. The van der Waals surface area contributed by atoms with Crippen molar-refractivity contribution in [3.05, 3.63) is 54.1 Å². The lowest BCUT2D eigenvalue weighted by atomic mass is 9.89. The second kappa shape index (κ2) is 7.57. The third kappa shape index (κ3) is 4.08. The lowest BCUT2D eigenvalue weighted by Crippen LogP contribution is -2.10. The summed E-state index contributed by atoms with van der Waals surface area (Å²) in [6, 6.07) is 11.0. The van der Waals surface area contributed by atoms with Gasteiger partial charge in [0.15, 0.2) is 0 Å². The lowest BCUT2D eigenvalue weighted by molar-refractivity contribution is -0.135. The maximum Gasteiger partial charge on any atom is 0.389 e. The molecule has 0 spiro atoms. The maximum atomic E-state index is 12.8. The Hall–Kier alpha value is -3.36. The maximum absolute atomic E-state index is 12.8. The van der Waals surface area contributed by atoms with E-state index < -0.39 is 18.5 Å². The number of nitrogens with one attached hydrogen (secondary N) is 1. The number of halogens is 3. The second-order valence-corrected chi connectivity index (χ2v) is 6.76. The summed E-state index contributed by atoms with van der Waals surface area (Å²) < 4.78 is 44.2. The van der Waals surface area contributed by atoms with Crippen LogP contribution in [-0.2, 0) is 0 Å². The molecular weight excluding hydrogens is 383 g/mol. The smallest absolute Gasteiger partial charge is 0.389 e. The zero-order chi connectivity index (χ0) is 20.4. The van der Waals surface area contributed by atoms with Gasteiger partial charge in [-0.15, -0.1) is 10.2 Å². The van der Waals surface area contributed by atoms with Gasteiger partial charge >= 0.3 is 6.18 Å². The predicted molar refractivity (Wildman–Crippen MR) is 102 cm³/mol. The fourth-order valence-corrected chi connectivity index (χ4v) is 3.50.